The van der Waals surface area contributed by atoms with Gasteiger partial charge in [-0.2, -0.15) is 8.62 Å². The molecule has 0 aliphatic carbocycles. The molecule has 31 heavy (non-hydrogen) atoms. The highest BCUT2D eigenvalue weighted by atomic mass is 31.3. The van der Waals surface area contributed by atoms with Crippen LogP contribution in [0.4, 0.5) is 0 Å². The predicted molar refractivity (Wildman–Crippen MR) is 97.1 cm³/mol. The summed E-state index contributed by atoms with van der Waals surface area (Å²) < 4.78 is 51.9. The number of hydrogen-bond acceptors (Lipinski definition) is 10. The molecule has 2 unspecified atom stereocenters. The van der Waals surface area contributed by atoms with Gasteiger partial charge in [0.05, 0.1) is 6.61 Å². The molecule has 1 aromatic heterocycles. The van der Waals surface area contributed by atoms with Crippen molar-refractivity contribution in [1.82, 2.24) is 9.55 Å². The van der Waals surface area contributed by atoms with Gasteiger partial charge >= 0.3 is 29.2 Å². The number of phosphoric ester groups is 1. The maximum atomic E-state index is 12.0. The summed E-state index contributed by atoms with van der Waals surface area (Å²) in [6.45, 7) is 0.383. The average Bonchev–Trinajstić information content (AvgIpc) is 2.98. The van der Waals surface area contributed by atoms with Crippen LogP contribution in [0.2, 0.25) is 0 Å². The van der Waals surface area contributed by atoms with Crippen molar-refractivity contribution in [2.45, 2.75) is 31.7 Å². The van der Waals surface area contributed by atoms with Crippen LogP contribution in [0.25, 0.3) is 10.4 Å². The van der Waals surface area contributed by atoms with Crippen LogP contribution >= 0.6 is 23.5 Å². The Kier molecular flexibility index (Phi) is 7.50. The van der Waals surface area contributed by atoms with Crippen LogP contribution in [-0.2, 0) is 31.6 Å². The maximum Gasteiger partial charge on any atom is 0.490 e. The Morgan fingerprint density at radius 1 is 1.29 bits per heavy atom. The van der Waals surface area contributed by atoms with E-state index in [0.29, 0.717) is 0 Å². The predicted octanol–water partition coefficient (Wildman–Crippen LogP) is 0.504. The number of nitrogens with zero attached hydrogens (tertiary/aromatic N) is 4. The van der Waals surface area contributed by atoms with Crippen LogP contribution in [0.5, 0.6) is 0 Å². The van der Waals surface area contributed by atoms with Crippen molar-refractivity contribution in [1.29, 1.82) is 0 Å². The summed E-state index contributed by atoms with van der Waals surface area (Å²) in [5.74, 6) is 0. The van der Waals surface area contributed by atoms with E-state index < -0.39 is 53.3 Å². The van der Waals surface area contributed by atoms with E-state index in [1.165, 1.54) is 13.1 Å². The fraction of sp³-hybridized carbons (Fsp3) is 0.600. The first-order valence-electron chi connectivity index (χ1n) is 7.91. The van der Waals surface area contributed by atoms with Gasteiger partial charge in [-0.3, -0.25) is 18.9 Å². The third-order valence-corrected chi connectivity index (χ3v) is 7.47. The largest absolute Gasteiger partial charge is 0.490 e. The number of rotatable bonds is 9. The third-order valence-electron chi connectivity index (χ3n) is 3.69. The number of phosphoric acid groups is 3. The second kappa shape index (κ2) is 9.08. The van der Waals surface area contributed by atoms with Crippen molar-refractivity contribution in [2.24, 2.45) is 5.11 Å². The summed E-state index contributed by atoms with van der Waals surface area (Å²) in [4.78, 5) is 63.7. The van der Waals surface area contributed by atoms with Crippen molar-refractivity contribution in [2.75, 3.05) is 6.61 Å². The van der Waals surface area contributed by atoms with Crippen LogP contribution in [0.1, 0.15) is 24.6 Å². The summed E-state index contributed by atoms with van der Waals surface area (Å²) in [6.07, 6.45) is -0.0508. The molecule has 21 heteroatoms. The Morgan fingerprint density at radius 3 is 2.52 bits per heavy atom. The maximum absolute atomic E-state index is 12.0. The van der Waals surface area contributed by atoms with Gasteiger partial charge in [0.1, 0.15) is 6.23 Å². The number of hydrogen-bond donors (Lipinski definition) is 5. The van der Waals surface area contributed by atoms with Crippen LogP contribution in [-0.4, -0.2) is 41.5 Å². The molecule has 5 N–H and O–H groups in total. The zero-order chi connectivity index (χ0) is 23.7. The highest BCUT2D eigenvalue weighted by molar-refractivity contribution is 7.66. The number of ether oxygens (including phenoxy) is 1. The molecule has 1 fully saturated rings. The van der Waals surface area contributed by atoms with Crippen molar-refractivity contribution in [3.05, 3.63) is 43.0 Å². The molecule has 0 radical (unpaired) electrons. The smallest absolute Gasteiger partial charge is 0.343 e. The quantitative estimate of drug-likeness (QED) is 0.132. The lowest BCUT2D eigenvalue weighted by Crippen LogP contribution is -2.36. The lowest BCUT2D eigenvalue weighted by molar-refractivity contribution is -0.0935. The summed E-state index contributed by atoms with van der Waals surface area (Å²) in [7, 11) is -16.8. The third kappa shape index (κ3) is 7.19. The molecule has 0 amide bonds. The number of azide groups is 1. The fourth-order valence-electron chi connectivity index (χ4n) is 2.49. The van der Waals surface area contributed by atoms with E-state index in [1.807, 2.05) is 4.98 Å². The van der Waals surface area contributed by atoms with E-state index in [-0.39, 0.29) is 18.4 Å². The number of nitrogens with one attached hydrogen (secondary N) is 1. The van der Waals surface area contributed by atoms with Crippen molar-refractivity contribution in [3.8, 4) is 0 Å². The number of aromatic amines is 1. The molecule has 0 aromatic carbocycles. The summed E-state index contributed by atoms with van der Waals surface area (Å²) >= 11 is 0. The molecule has 2 heterocycles. The minimum Gasteiger partial charge on any atom is -0.343 e. The van der Waals surface area contributed by atoms with Gasteiger partial charge in [-0.15, -0.1) is 0 Å². The van der Waals surface area contributed by atoms with Crippen LogP contribution in [0.15, 0.2) is 20.9 Å². The number of H-pyrrole nitrogens is 1. The second-order valence-electron chi connectivity index (χ2n) is 6.09. The minimum absolute atomic E-state index is 0.0180. The normalized spacial score (nSPS) is 25.4. The zero-order valence-electron chi connectivity index (χ0n) is 15.4. The lowest BCUT2D eigenvalue weighted by Gasteiger charge is -2.25. The molecule has 18 nitrogen and oxygen atoms in total. The summed E-state index contributed by atoms with van der Waals surface area (Å²) in [6, 6.07) is 0. The molecular formula is C10H16N5O13P3. The van der Waals surface area contributed by atoms with Crippen molar-refractivity contribution < 1.29 is 51.2 Å². The Morgan fingerprint density at radius 2 is 1.94 bits per heavy atom. The van der Waals surface area contributed by atoms with Gasteiger partial charge < -0.3 is 24.3 Å². The topological polar surface area (TPSA) is 273 Å². The lowest BCUT2D eigenvalue weighted by atomic mass is 10.1. The molecule has 174 valence electrons. The molecule has 0 bridgehead atoms. The fourth-order valence-corrected chi connectivity index (χ4v) is 5.55. The van der Waals surface area contributed by atoms with Crippen LogP contribution < -0.4 is 11.2 Å². The Labute approximate surface area is 171 Å². The van der Waals surface area contributed by atoms with E-state index in [1.54, 1.807) is 0 Å². The Bertz CT molecular complexity index is 1150. The van der Waals surface area contributed by atoms with Gasteiger partial charge in [0.25, 0.3) is 5.56 Å². The number of aromatic nitrogens is 2. The average molecular weight is 507 g/mol. The Hall–Kier alpha value is -1.64. The summed E-state index contributed by atoms with van der Waals surface area (Å²) in [5.41, 5.74) is 5.49. The molecular weight excluding hydrogens is 491 g/mol. The standard InChI is InChI=1S/C10H16N5O13P3/c1-6-4-15(9(17)12-8(6)16)7-2-3-10(26-7,13-14-11)5-25-30(21,22)28-31(23,24)27-29(18,19)20/h4,7H,2-3,5H2,1H3,(H,21,22)(H,23,24)(H,12,16,17)(H2,18,19,20)/t7-,10+/m1/s1. The molecule has 1 aliphatic rings. The van der Waals surface area contributed by atoms with Crippen molar-refractivity contribution >= 4 is 23.5 Å². The van der Waals surface area contributed by atoms with E-state index in [0.717, 1.165) is 4.57 Å². The summed E-state index contributed by atoms with van der Waals surface area (Å²) in [5, 5.41) is 3.33. The SMILES string of the molecule is Cc1cn([C@H]2CC[C@](COP(=O)(O)OP(=O)(O)OP(=O)(O)O)(N=[N+]=[N-])O2)c(=O)[nH]c1=O. The van der Waals surface area contributed by atoms with Gasteiger partial charge in [-0.25, -0.2) is 18.5 Å². The van der Waals surface area contributed by atoms with Crippen molar-refractivity contribution in [3.63, 3.8) is 0 Å². The van der Waals surface area contributed by atoms with Crippen LogP contribution in [0.3, 0.4) is 0 Å². The molecule has 4 atom stereocenters. The van der Waals surface area contributed by atoms with Crippen LogP contribution in [0, 0.1) is 6.92 Å². The first kappa shape index (κ1) is 25.6. The van der Waals surface area contributed by atoms with E-state index >= 15 is 0 Å². The van der Waals surface area contributed by atoms with Gasteiger partial charge in [0.15, 0.2) is 5.72 Å². The van der Waals surface area contributed by atoms with Gasteiger partial charge in [-0.1, -0.05) is 5.11 Å². The molecule has 1 saturated heterocycles. The van der Waals surface area contributed by atoms with Gasteiger partial charge in [-0.05, 0) is 25.3 Å². The molecule has 0 spiro atoms. The van der Waals surface area contributed by atoms with E-state index in [2.05, 4.69) is 23.2 Å². The second-order valence-corrected chi connectivity index (χ2v) is 10.5. The van der Waals surface area contributed by atoms with E-state index in [4.69, 9.17) is 24.9 Å². The van der Waals surface area contributed by atoms with E-state index in [9.17, 15) is 28.2 Å². The Balaban J connectivity index is 2.17. The monoisotopic (exact) mass is 507 g/mol. The molecule has 2 rings (SSSR count). The highest BCUT2D eigenvalue weighted by Crippen LogP contribution is 2.66. The number of aryl methyl sites for hydroxylation is 1. The van der Waals surface area contributed by atoms with Gasteiger partial charge in [0, 0.05) is 16.7 Å². The first-order chi connectivity index (χ1) is 14.1. The molecule has 0 saturated carbocycles. The zero-order valence-corrected chi connectivity index (χ0v) is 18.1. The molecule has 1 aromatic rings. The highest BCUT2D eigenvalue weighted by Gasteiger charge is 2.46. The first-order valence-corrected chi connectivity index (χ1v) is 12.4. The minimum atomic E-state index is -5.74. The van der Waals surface area contributed by atoms with Gasteiger partial charge in [0.2, 0.25) is 0 Å². The molecule has 1 aliphatic heterocycles.